The zero-order valence-electron chi connectivity index (χ0n) is 6.70. The van der Waals surface area contributed by atoms with E-state index in [4.69, 9.17) is 0 Å². The third-order valence-electron chi connectivity index (χ3n) is 0.407. The number of carbonyl (C=O) groups is 1. The number of allylic oxidation sites excluding steroid dienone is 2. The van der Waals surface area contributed by atoms with Gasteiger partial charge < -0.3 is 5.11 Å². The summed E-state index contributed by atoms with van der Waals surface area (Å²) in [4.78, 5) is 9.98. The number of ketones is 1. The quantitative estimate of drug-likeness (QED) is 0.410. The van der Waals surface area contributed by atoms with Gasteiger partial charge in [-0.15, -0.1) is 5.76 Å². The molecule has 0 heterocycles. The fourth-order valence-electron chi connectivity index (χ4n) is 0.286. The van der Waals surface area contributed by atoms with E-state index in [-0.39, 0.29) is 11.5 Å². The van der Waals surface area contributed by atoms with Gasteiger partial charge in [0.05, 0.1) is 0 Å². The van der Waals surface area contributed by atoms with E-state index >= 15 is 0 Å². The second kappa shape index (κ2) is 8.95. The summed E-state index contributed by atoms with van der Waals surface area (Å²) < 4.78 is 0. The number of hydrogen-bond donors (Lipinski definition) is 0. The van der Waals surface area contributed by atoms with Crippen molar-refractivity contribution in [3.63, 3.8) is 0 Å². The maximum absolute atomic E-state index is 9.98. The van der Waals surface area contributed by atoms with E-state index in [1.807, 2.05) is 0 Å². The Morgan fingerprint density at radius 3 is 1.70 bits per heavy atom. The van der Waals surface area contributed by atoms with Gasteiger partial charge in [0.1, 0.15) is 0 Å². The fraction of sp³-hybridized carbons (Fsp3) is 0.571. The van der Waals surface area contributed by atoms with Crippen molar-refractivity contribution in [1.82, 2.24) is 0 Å². The molecule has 0 fully saturated rings. The van der Waals surface area contributed by atoms with Crippen molar-refractivity contribution in [2.45, 2.75) is 24.1 Å². The van der Waals surface area contributed by atoms with Crippen LogP contribution in [0, 0.1) is 0 Å². The molecule has 0 bridgehead atoms. The summed E-state index contributed by atoms with van der Waals surface area (Å²) in [6.07, 6.45) is 1.06. The molecule has 0 aromatic carbocycles. The molecule has 2 nitrogen and oxygen atoms in total. The molecule has 0 aromatic heterocycles. The molecule has 10 heavy (non-hydrogen) atoms. The molecule has 0 saturated carbocycles. The molecule has 0 aliphatic rings. The van der Waals surface area contributed by atoms with Gasteiger partial charge in [-0.3, -0.25) is 4.79 Å². The Morgan fingerprint density at radius 1 is 1.40 bits per heavy atom. The van der Waals surface area contributed by atoms with Crippen molar-refractivity contribution < 1.29 is 29.7 Å². The van der Waals surface area contributed by atoms with E-state index in [1.54, 1.807) is 0 Å². The first-order chi connectivity index (χ1) is 4.54. The van der Waals surface area contributed by atoms with Crippen LogP contribution in [0.15, 0.2) is 11.8 Å². The monoisotopic (exact) mass is 326 g/mol. The van der Waals surface area contributed by atoms with Crippen LogP contribution in [0.25, 0.3) is 0 Å². The fourth-order valence-corrected chi connectivity index (χ4v) is 0.286. The average Bonchev–Trinajstić information content (AvgIpc) is 1.62. The topological polar surface area (TPSA) is 40.1 Å². The van der Waals surface area contributed by atoms with Gasteiger partial charge in [0.2, 0.25) is 0 Å². The molecule has 0 atom stereocenters. The van der Waals surface area contributed by atoms with Crippen molar-refractivity contribution in [2.24, 2.45) is 0 Å². The van der Waals surface area contributed by atoms with Crippen molar-refractivity contribution >= 4 is 5.78 Å². The van der Waals surface area contributed by atoms with Crippen molar-refractivity contribution in [3.05, 3.63) is 11.8 Å². The molecule has 0 aliphatic heterocycles. The molecule has 0 saturated heterocycles. The summed E-state index contributed by atoms with van der Waals surface area (Å²) >= 11 is 0.667. The van der Waals surface area contributed by atoms with Crippen LogP contribution in [0.5, 0.6) is 0 Å². The van der Waals surface area contributed by atoms with Crippen LogP contribution in [0.2, 0.25) is 10.3 Å². The molecule has 0 aliphatic carbocycles. The molecule has 3 heteroatoms. The first-order valence-electron chi connectivity index (χ1n) is 2.59. The second-order valence-corrected chi connectivity index (χ2v) is 3.83. The number of hydrogen-bond acceptors (Lipinski definition) is 2. The Labute approximate surface area is 71.6 Å². The minimum atomic E-state index is -0.187. The molecule has 0 spiro atoms. The normalized spacial score (nSPS) is 10.2. The van der Waals surface area contributed by atoms with Gasteiger partial charge in [0.25, 0.3) is 0 Å². The average molecular weight is 326 g/mol. The van der Waals surface area contributed by atoms with E-state index in [0.717, 1.165) is 6.08 Å². The van der Waals surface area contributed by atoms with Crippen LogP contribution in [0.3, 0.4) is 0 Å². The third-order valence-corrected chi connectivity index (χ3v) is 0.407. The zero-order chi connectivity index (χ0) is 8.57. The Kier molecular flexibility index (Phi) is 11.3. The van der Waals surface area contributed by atoms with Crippen LogP contribution in [-0.2, 0) is 24.5 Å². The first kappa shape index (κ1) is 12.6. The third kappa shape index (κ3) is 24.6. The molecule has 0 aromatic rings. The Balaban J connectivity index is 0. The number of carbonyl (C=O) groups excluding carboxylic acids is 1. The second-order valence-electron chi connectivity index (χ2n) is 1.67. The van der Waals surface area contributed by atoms with Gasteiger partial charge in [-0.25, -0.2) is 0 Å². The molecular weight excluding hydrogens is 313 g/mol. The van der Waals surface area contributed by atoms with E-state index in [0.29, 0.717) is 19.8 Å². The van der Waals surface area contributed by atoms with Gasteiger partial charge in [0, 0.05) is 0 Å². The van der Waals surface area contributed by atoms with Crippen molar-refractivity contribution in [3.8, 4) is 0 Å². The Morgan fingerprint density at radius 2 is 1.70 bits per heavy atom. The minimum absolute atomic E-state index is 0.187. The van der Waals surface area contributed by atoms with Crippen molar-refractivity contribution in [2.75, 3.05) is 0 Å². The van der Waals surface area contributed by atoms with Crippen LogP contribution in [-0.4, -0.2) is 5.78 Å². The SMILES string of the molecule is CC(=O)/C=C(/C)[O-].[CH3][Au+][CH3]. The van der Waals surface area contributed by atoms with Crippen LogP contribution in [0.1, 0.15) is 13.8 Å². The van der Waals surface area contributed by atoms with E-state index in [2.05, 4.69) is 10.3 Å². The molecule has 0 radical (unpaired) electrons. The molecule has 64 valence electrons. The zero-order valence-corrected chi connectivity index (χ0v) is 8.86. The summed E-state index contributed by atoms with van der Waals surface area (Å²) in [6.45, 7) is 2.70. The standard InChI is InChI=1S/C5H8O2.2CH3.Au/c1-4(6)3-5(2)7;;;/h3,6H,1-2H3;2*1H3;/q;;;+1/p-1/b4-3-;;;. The van der Waals surface area contributed by atoms with Gasteiger partial charge in [0.15, 0.2) is 5.78 Å². The Hall–Kier alpha value is -0.0497. The first-order valence-corrected chi connectivity index (χ1v) is 6.92. The predicted octanol–water partition coefficient (Wildman–Crippen LogP) is 1.00. The molecule has 0 rings (SSSR count). The van der Waals surface area contributed by atoms with Gasteiger partial charge in [-0.05, 0) is 13.0 Å². The predicted molar refractivity (Wildman–Crippen MR) is 36.2 cm³/mol. The maximum atomic E-state index is 9.98. The van der Waals surface area contributed by atoms with E-state index in [1.165, 1.54) is 13.8 Å². The van der Waals surface area contributed by atoms with Crippen LogP contribution in [0.4, 0.5) is 0 Å². The summed E-state index contributed by atoms with van der Waals surface area (Å²) in [5.41, 5.74) is 0. The van der Waals surface area contributed by atoms with Gasteiger partial charge >= 0.3 is 30.0 Å². The summed E-state index contributed by atoms with van der Waals surface area (Å²) in [5, 5.41) is 14.4. The van der Waals surface area contributed by atoms with Crippen molar-refractivity contribution in [1.29, 1.82) is 0 Å². The van der Waals surface area contributed by atoms with E-state index < -0.39 is 0 Å². The summed E-state index contributed by atoms with van der Waals surface area (Å²) in [6, 6.07) is 0. The van der Waals surface area contributed by atoms with Crippen LogP contribution >= 0.6 is 0 Å². The van der Waals surface area contributed by atoms with E-state index in [9.17, 15) is 9.90 Å². The molecular formula is C7H13AuO2. The molecule has 0 unspecified atom stereocenters. The van der Waals surface area contributed by atoms with Gasteiger partial charge in [-0.1, -0.05) is 6.92 Å². The summed E-state index contributed by atoms with van der Waals surface area (Å²) in [7, 11) is 0. The number of rotatable bonds is 1. The molecule has 0 N–H and O–H groups in total. The van der Waals surface area contributed by atoms with Gasteiger partial charge in [-0.2, -0.15) is 0 Å². The molecule has 0 amide bonds. The Bertz CT molecular complexity index is 115. The summed E-state index contributed by atoms with van der Waals surface area (Å²) in [5.74, 6) is -0.375. The van der Waals surface area contributed by atoms with Crippen LogP contribution < -0.4 is 5.11 Å².